The van der Waals surface area contributed by atoms with Crippen LogP contribution < -0.4 is 4.31 Å². The van der Waals surface area contributed by atoms with Crippen LogP contribution >= 0.6 is 0 Å². The molecule has 0 aromatic heterocycles. The summed E-state index contributed by atoms with van der Waals surface area (Å²) >= 11 is 0. The first-order valence-corrected chi connectivity index (χ1v) is 15.2. The lowest BCUT2D eigenvalue weighted by Gasteiger charge is -2.40. The molecule has 5 rings (SSSR count). The van der Waals surface area contributed by atoms with Gasteiger partial charge in [0.15, 0.2) is 5.78 Å². The maximum absolute atomic E-state index is 13.8. The fourth-order valence-electron chi connectivity index (χ4n) is 5.55. The van der Waals surface area contributed by atoms with E-state index in [1.165, 1.54) is 20.7 Å². The summed E-state index contributed by atoms with van der Waals surface area (Å²) in [6, 6.07) is 17.7. The number of carbonyl (C=O) groups excluding carboxylic acids is 1. The number of hydrogen-bond acceptors (Lipinski definition) is 5. The van der Waals surface area contributed by atoms with Crippen LogP contribution in [0.2, 0.25) is 0 Å². The van der Waals surface area contributed by atoms with E-state index >= 15 is 0 Å². The fraction of sp³-hybridized carbons (Fsp3) is 0.321. The highest BCUT2D eigenvalue weighted by atomic mass is 32.2. The number of carbonyl (C=O) groups is 1. The summed E-state index contributed by atoms with van der Waals surface area (Å²) < 4.78 is 70.5. The van der Waals surface area contributed by atoms with E-state index in [1.807, 2.05) is 20.8 Å². The van der Waals surface area contributed by atoms with Crippen molar-refractivity contribution in [2.45, 2.75) is 30.6 Å². The van der Waals surface area contributed by atoms with Gasteiger partial charge in [-0.1, -0.05) is 43.7 Å². The second kappa shape index (κ2) is 9.29. The number of sulfonamides is 2. The number of hydrogen-bond donors (Lipinski definition) is 0. The molecule has 0 bridgehead atoms. The van der Waals surface area contributed by atoms with Crippen LogP contribution in [0.1, 0.15) is 29.8 Å². The minimum Gasteiger partial charge on any atom is -0.294 e. The van der Waals surface area contributed by atoms with Crippen LogP contribution in [-0.4, -0.2) is 46.6 Å². The van der Waals surface area contributed by atoms with Crippen molar-refractivity contribution in [1.82, 2.24) is 4.31 Å². The number of rotatable bonds is 5. The molecule has 3 aromatic carbocycles. The fourth-order valence-corrected chi connectivity index (χ4v) is 8.69. The van der Waals surface area contributed by atoms with Gasteiger partial charge in [0.1, 0.15) is 5.82 Å². The molecule has 0 N–H and O–H groups in total. The first kappa shape index (κ1) is 26.5. The van der Waals surface area contributed by atoms with Gasteiger partial charge in [-0.3, -0.25) is 9.10 Å². The Hall–Kier alpha value is -3.08. The first-order valence-electron chi connectivity index (χ1n) is 12.3. The van der Waals surface area contributed by atoms with Crippen molar-refractivity contribution in [1.29, 1.82) is 0 Å². The van der Waals surface area contributed by atoms with E-state index < -0.39 is 43.1 Å². The van der Waals surface area contributed by atoms with Gasteiger partial charge in [0, 0.05) is 31.1 Å². The number of aryl methyl sites for hydroxylation is 1. The van der Waals surface area contributed by atoms with Gasteiger partial charge in [0.05, 0.1) is 15.5 Å². The molecule has 38 heavy (non-hydrogen) atoms. The largest absolute Gasteiger partial charge is 0.294 e. The molecule has 0 saturated carbocycles. The van der Waals surface area contributed by atoms with Crippen molar-refractivity contribution < 1.29 is 26.0 Å². The van der Waals surface area contributed by atoms with Crippen molar-refractivity contribution in [3.8, 4) is 0 Å². The van der Waals surface area contributed by atoms with Crippen LogP contribution in [0, 0.1) is 30.0 Å². The van der Waals surface area contributed by atoms with E-state index in [2.05, 4.69) is 0 Å². The van der Waals surface area contributed by atoms with Gasteiger partial charge >= 0.3 is 0 Å². The zero-order valence-corrected chi connectivity index (χ0v) is 23.0. The summed E-state index contributed by atoms with van der Waals surface area (Å²) in [6.45, 7) is 5.85. The molecule has 1 fully saturated rings. The SMILES string of the molecule is Cc1ccc(S(=O)(=O)N2C[C@H]([C@H]3CN(S(=O)(=O)c4ccc(F)cc4)c4ccccc4C3=O)C(C)(C)C2)cc1. The molecule has 0 spiro atoms. The van der Waals surface area contributed by atoms with Gasteiger partial charge in [-0.05, 0) is 66.8 Å². The standard InChI is InChI=1S/C28H29FN2O5S2/c1-19-8-12-21(13-9-19)37(33,34)30-17-25(28(2,3)18-30)24-16-31(26-7-5-4-6-23(26)27(24)32)38(35,36)22-14-10-20(29)11-15-22/h4-15,24-25H,16-18H2,1-3H3/t24-,25-/m1/s1. The summed E-state index contributed by atoms with van der Waals surface area (Å²) in [5, 5.41) is 0. The predicted octanol–water partition coefficient (Wildman–Crippen LogP) is 4.49. The van der Waals surface area contributed by atoms with E-state index in [0.29, 0.717) is 0 Å². The molecule has 200 valence electrons. The number of benzene rings is 3. The number of Topliss-reactive ketones (excluding diaryl/α,β-unsaturated/α-hetero) is 1. The molecule has 2 atom stereocenters. The topological polar surface area (TPSA) is 91.8 Å². The Balaban J connectivity index is 1.53. The lowest BCUT2D eigenvalue weighted by atomic mass is 9.71. The normalized spacial score (nSPS) is 21.9. The zero-order chi connectivity index (χ0) is 27.5. The van der Waals surface area contributed by atoms with E-state index in [1.54, 1.807) is 48.5 Å². The molecule has 1 saturated heterocycles. The highest BCUT2D eigenvalue weighted by molar-refractivity contribution is 7.92. The number of nitrogens with zero attached hydrogens (tertiary/aromatic N) is 2. The number of fused-ring (bicyclic) bond motifs is 1. The molecule has 0 unspecified atom stereocenters. The average Bonchev–Trinajstić information content (AvgIpc) is 3.20. The highest BCUT2D eigenvalue weighted by Gasteiger charge is 2.52. The van der Waals surface area contributed by atoms with Crippen LogP contribution in [0.5, 0.6) is 0 Å². The number of ketones is 1. The molecule has 7 nitrogen and oxygen atoms in total. The monoisotopic (exact) mass is 556 g/mol. The molecule has 0 amide bonds. The summed E-state index contributed by atoms with van der Waals surface area (Å²) in [7, 11) is -7.93. The Morgan fingerprint density at radius 2 is 1.39 bits per heavy atom. The molecule has 0 aliphatic carbocycles. The van der Waals surface area contributed by atoms with Crippen LogP contribution in [-0.2, 0) is 20.0 Å². The highest BCUT2D eigenvalue weighted by Crippen LogP contribution is 2.46. The number of halogens is 1. The van der Waals surface area contributed by atoms with E-state index in [9.17, 15) is 26.0 Å². The summed E-state index contributed by atoms with van der Waals surface area (Å²) in [5.41, 5.74) is 0.871. The first-order chi connectivity index (χ1) is 17.8. The van der Waals surface area contributed by atoms with Crippen molar-refractivity contribution in [2.24, 2.45) is 17.3 Å². The number of para-hydroxylation sites is 1. The average molecular weight is 557 g/mol. The van der Waals surface area contributed by atoms with Gasteiger partial charge < -0.3 is 0 Å². The third-order valence-corrected chi connectivity index (χ3v) is 11.3. The van der Waals surface area contributed by atoms with Crippen LogP contribution in [0.15, 0.2) is 82.6 Å². The maximum Gasteiger partial charge on any atom is 0.264 e. The summed E-state index contributed by atoms with van der Waals surface area (Å²) in [5.74, 6) is -1.97. The molecular weight excluding hydrogens is 527 g/mol. The van der Waals surface area contributed by atoms with Crippen molar-refractivity contribution in [3.63, 3.8) is 0 Å². The second-order valence-corrected chi connectivity index (χ2v) is 14.5. The molecule has 2 heterocycles. The molecule has 3 aromatic rings. The van der Waals surface area contributed by atoms with Gasteiger partial charge in [0.25, 0.3) is 10.0 Å². The maximum atomic E-state index is 13.8. The van der Waals surface area contributed by atoms with Crippen LogP contribution in [0.4, 0.5) is 10.1 Å². The Kier molecular flexibility index (Phi) is 6.48. The van der Waals surface area contributed by atoms with Crippen LogP contribution in [0.3, 0.4) is 0 Å². The Morgan fingerprint density at radius 3 is 2.05 bits per heavy atom. The van der Waals surface area contributed by atoms with Gasteiger partial charge in [0.2, 0.25) is 10.0 Å². The third-order valence-electron chi connectivity index (χ3n) is 7.67. The minimum atomic E-state index is -4.12. The third kappa shape index (κ3) is 4.44. The second-order valence-electron chi connectivity index (χ2n) is 10.7. The smallest absolute Gasteiger partial charge is 0.264 e. The molecular formula is C28H29FN2O5S2. The lowest BCUT2D eigenvalue weighted by Crippen LogP contribution is -2.48. The van der Waals surface area contributed by atoms with Crippen LogP contribution in [0.25, 0.3) is 0 Å². The molecule has 2 aliphatic heterocycles. The quantitative estimate of drug-likeness (QED) is 0.462. The Morgan fingerprint density at radius 1 is 0.816 bits per heavy atom. The summed E-state index contributed by atoms with van der Waals surface area (Å²) in [4.78, 5) is 13.9. The van der Waals surface area contributed by atoms with Gasteiger partial charge in [-0.25, -0.2) is 21.2 Å². The van der Waals surface area contributed by atoms with Gasteiger partial charge in [-0.2, -0.15) is 4.31 Å². The molecule has 0 radical (unpaired) electrons. The lowest BCUT2D eigenvalue weighted by molar-refractivity contribution is 0.0815. The predicted molar refractivity (Wildman–Crippen MR) is 142 cm³/mol. The van der Waals surface area contributed by atoms with Crippen molar-refractivity contribution in [3.05, 3.63) is 89.7 Å². The Bertz CT molecular complexity index is 1600. The van der Waals surface area contributed by atoms with E-state index in [-0.39, 0.29) is 46.5 Å². The zero-order valence-electron chi connectivity index (χ0n) is 21.3. The van der Waals surface area contributed by atoms with Crippen molar-refractivity contribution >= 4 is 31.5 Å². The Labute approximate surface area is 223 Å². The summed E-state index contributed by atoms with van der Waals surface area (Å²) in [6.07, 6.45) is 0. The number of anilines is 1. The van der Waals surface area contributed by atoms with Crippen molar-refractivity contribution in [2.75, 3.05) is 23.9 Å². The molecule has 10 heteroatoms. The minimum absolute atomic E-state index is 0.0870. The van der Waals surface area contributed by atoms with E-state index in [4.69, 9.17) is 0 Å². The van der Waals surface area contributed by atoms with E-state index in [0.717, 1.165) is 17.7 Å². The van der Waals surface area contributed by atoms with Gasteiger partial charge in [-0.15, -0.1) is 0 Å². The molecule has 2 aliphatic rings.